The number of carbonyl (C=O) groups excluding carboxylic acids is 1. The Labute approximate surface area is 104 Å². The van der Waals surface area contributed by atoms with Crippen LogP contribution in [0.4, 0.5) is 5.69 Å². The summed E-state index contributed by atoms with van der Waals surface area (Å²) in [6.45, 7) is 0.254. The third-order valence-corrected chi connectivity index (χ3v) is 3.58. The Morgan fingerprint density at radius 2 is 2.17 bits per heavy atom. The van der Waals surface area contributed by atoms with Crippen LogP contribution in [0.1, 0.15) is 31.7 Å². The molecule has 0 radical (unpaired) electrons. The van der Waals surface area contributed by atoms with Crippen LogP contribution in [0, 0.1) is 5.92 Å². The molecule has 6 nitrogen and oxygen atoms in total. The third-order valence-electron chi connectivity index (χ3n) is 3.58. The van der Waals surface area contributed by atoms with Gasteiger partial charge in [0.15, 0.2) is 0 Å². The van der Waals surface area contributed by atoms with Gasteiger partial charge in [0, 0.05) is 19.2 Å². The number of amides is 1. The molecule has 1 aliphatic carbocycles. The molecule has 96 valence electrons. The monoisotopic (exact) mass is 249 g/mol. The lowest BCUT2D eigenvalue weighted by Gasteiger charge is -2.29. The van der Waals surface area contributed by atoms with Crippen molar-refractivity contribution < 1.29 is 14.7 Å². The summed E-state index contributed by atoms with van der Waals surface area (Å²) in [7, 11) is 0. The summed E-state index contributed by atoms with van der Waals surface area (Å²) in [5, 5.41) is 13.3. The highest BCUT2D eigenvalue weighted by Gasteiger charge is 2.32. The van der Waals surface area contributed by atoms with E-state index in [9.17, 15) is 9.59 Å². The lowest BCUT2D eigenvalue weighted by atomic mass is 9.97. The van der Waals surface area contributed by atoms with Crippen molar-refractivity contribution in [3.05, 3.63) is 12.4 Å². The summed E-state index contributed by atoms with van der Waals surface area (Å²) in [4.78, 5) is 24.4. The topological polar surface area (TPSA) is 75.4 Å². The van der Waals surface area contributed by atoms with E-state index in [-0.39, 0.29) is 12.5 Å². The number of rotatable bonds is 3. The normalized spacial score (nSPS) is 24.3. The fraction of sp³-hybridized carbons (Fsp3) is 0.583. The van der Waals surface area contributed by atoms with Gasteiger partial charge in [0.2, 0.25) is 5.91 Å². The van der Waals surface area contributed by atoms with Crippen LogP contribution in [0.25, 0.3) is 0 Å². The van der Waals surface area contributed by atoms with Gasteiger partial charge in [-0.3, -0.25) is 14.3 Å². The first-order valence-corrected chi connectivity index (χ1v) is 6.22. The lowest BCUT2D eigenvalue weighted by molar-refractivity contribution is -0.142. The van der Waals surface area contributed by atoms with Crippen LogP contribution in [-0.4, -0.2) is 33.3 Å². The SMILES string of the molecule is O=C(O)C1CCC(=O)N(c2cnn(C3CC3)c2)C1. The van der Waals surface area contributed by atoms with Crippen LogP contribution in [-0.2, 0) is 9.59 Å². The Kier molecular flexibility index (Phi) is 2.57. The molecule has 0 bridgehead atoms. The average Bonchev–Trinajstić information content (AvgIpc) is 3.08. The summed E-state index contributed by atoms with van der Waals surface area (Å²) in [6.07, 6.45) is 6.49. The highest BCUT2D eigenvalue weighted by atomic mass is 16.4. The van der Waals surface area contributed by atoms with E-state index in [1.165, 1.54) is 0 Å². The zero-order valence-electron chi connectivity index (χ0n) is 9.95. The van der Waals surface area contributed by atoms with Gasteiger partial charge in [-0.15, -0.1) is 0 Å². The molecule has 1 amide bonds. The van der Waals surface area contributed by atoms with Crippen molar-refractivity contribution in [2.45, 2.75) is 31.7 Å². The summed E-state index contributed by atoms with van der Waals surface area (Å²) in [5.41, 5.74) is 0.720. The van der Waals surface area contributed by atoms with E-state index in [4.69, 9.17) is 5.11 Å². The molecule has 0 spiro atoms. The van der Waals surface area contributed by atoms with Gasteiger partial charge in [0.25, 0.3) is 0 Å². The molecule has 2 heterocycles. The van der Waals surface area contributed by atoms with Gasteiger partial charge in [-0.05, 0) is 19.3 Å². The van der Waals surface area contributed by atoms with Crippen molar-refractivity contribution in [3.63, 3.8) is 0 Å². The van der Waals surface area contributed by atoms with Gasteiger partial charge < -0.3 is 10.0 Å². The van der Waals surface area contributed by atoms with E-state index in [2.05, 4.69) is 5.10 Å². The first-order chi connectivity index (χ1) is 8.65. The van der Waals surface area contributed by atoms with Crippen molar-refractivity contribution in [1.82, 2.24) is 9.78 Å². The Bertz CT molecular complexity index is 493. The standard InChI is InChI=1S/C12H15N3O3/c16-11-4-1-8(12(17)18)6-14(11)10-5-13-15(7-10)9-2-3-9/h5,7-9H,1-4,6H2,(H,17,18). The number of piperidine rings is 1. The molecule has 1 saturated heterocycles. The highest BCUT2D eigenvalue weighted by Crippen LogP contribution is 2.35. The van der Waals surface area contributed by atoms with Crippen LogP contribution in [0.3, 0.4) is 0 Å². The molecule has 1 saturated carbocycles. The second-order valence-electron chi connectivity index (χ2n) is 4.99. The molecule has 1 atom stereocenters. The maximum absolute atomic E-state index is 11.9. The van der Waals surface area contributed by atoms with Crippen molar-refractivity contribution in [2.75, 3.05) is 11.4 Å². The minimum absolute atomic E-state index is 0.0113. The molecule has 0 aromatic carbocycles. The fourth-order valence-electron chi connectivity index (χ4n) is 2.30. The van der Waals surface area contributed by atoms with Crippen LogP contribution >= 0.6 is 0 Å². The summed E-state index contributed by atoms with van der Waals surface area (Å²) < 4.78 is 1.87. The fourth-order valence-corrected chi connectivity index (χ4v) is 2.30. The average molecular weight is 249 g/mol. The van der Waals surface area contributed by atoms with Crippen LogP contribution in [0.15, 0.2) is 12.4 Å². The van der Waals surface area contributed by atoms with Crippen LogP contribution < -0.4 is 4.90 Å². The second-order valence-corrected chi connectivity index (χ2v) is 4.99. The minimum atomic E-state index is -0.831. The highest BCUT2D eigenvalue weighted by molar-refractivity contribution is 5.95. The van der Waals surface area contributed by atoms with Crippen molar-refractivity contribution >= 4 is 17.6 Å². The van der Waals surface area contributed by atoms with Gasteiger partial charge in [-0.1, -0.05) is 0 Å². The van der Waals surface area contributed by atoms with E-state index in [1.54, 1.807) is 11.1 Å². The zero-order chi connectivity index (χ0) is 12.7. The maximum Gasteiger partial charge on any atom is 0.308 e. The van der Waals surface area contributed by atoms with Crippen molar-refractivity contribution in [2.24, 2.45) is 5.92 Å². The van der Waals surface area contributed by atoms with E-state index in [0.717, 1.165) is 18.5 Å². The molecule has 18 heavy (non-hydrogen) atoms. The quantitative estimate of drug-likeness (QED) is 0.868. The first-order valence-electron chi connectivity index (χ1n) is 6.22. The minimum Gasteiger partial charge on any atom is -0.481 e. The summed E-state index contributed by atoms with van der Waals surface area (Å²) >= 11 is 0. The number of carbonyl (C=O) groups is 2. The Morgan fingerprint density at radius 3 is 2.83 bits per heavy atom. The largest absolute Gasteiger partial charge is 0.481 e. The number of hydrogen-bond acceptors (Lipinski definition) is 3. The van der Waals surface area contributed by atoms with Crippen molar-refractivity contribution in [1.29, 1.82) is 0 Å². The van der Waals surface area contributed by atoms with Crippen LogP contribution in [0.5, 0.6) is 0 Å². The number of carboxylic acid groups (broad SMARTS) is 1. The smallest absolute Gasteiger partial charge is 0.308 e. The number of aromatic nitrogens is 2. The second kappa shape index (κ2) is 4.12. The lowest BCUT2D eigenvalue weighted by Crippen LogP contribution is -2.42. The number of anilines is 1. The first kappa shape index (κ1) is 11.3. The molecule has 6 heteroatoms. The molecule has 1 N–H and O–H groups in total. The maximum atomic E-state index is 11.9. The summed E-state index contributed by atoms with van der Waals surface area (Å²) in [6, 6.07) is 0.467. The van der Waals surface area contributed by atoms with Gasteiger partial charge in [-0.25, -0.2) is 0 Å². The Hall–Kier alpha value is -1.85. The molecule has 2 aliphatic rings. The summed E-state index contributed by atoms with van der Waals surface area (Å²) in [5.74, 6) is -1.31. The van der Waals surface area contributed by atoms with Gasteiger partial charge in [-0.2, -0.15) is 5.10 Å². The van der Waals surface area contributed by atoms with E-state index < -0.39 is 11.9 Å². The van der Waals surface area contributed by atoms with E-state index in [1.807, 2.05) is 10.9 Å². The molecule has 1 aromatic heterocycles. The Morgan fingerprint density at radius 1 is 1.39 bits per heavy atom. The Balaban J connectivity index is 1.79. The van der Waals surface area contributed by atoms with Gasteiger partial charge >= 0.3 is 5.97 Å². The molecular formula is C12H15N3O3. The molecular weight excluding hydrogens is 234 g/mol. The number of aliphatic carboxylic acids is 1. The third kappa shape index (κ3) is 1.98. The zero-order valence-corrected chi connectivity index (χ0v) is 9.95. The molecule has 2 fully saturated rings. The van der Waals surface area contributed by atoms with Crippen LogP contribution in [0.2, 0.25) is 0 Å². The van der Waals surface area contributed by atoms with Crippen molar-refractivity contribution in [3.8, 4) is 0 Å². The number of carboxylic acids is 1. The van der Waals surface area contributed by atoms with Gasteiger partial charge in [0.05, 0.1) is 23.8 Å². The molecule has 1 unspecified atom stereocenters. The number of hydrogen-bond donors (Lipinski definition) is 1. The number of nitrogens with zero attached hydrogens (tertiary/aromatic N) is 3. The predicted molar refractivity (Wildman–Crippen MR) is 63.2 cm³/mol. The van der Waals surface area contributed by atoms with E-state index in [0.29, 0.717) is 18.9 Å². The molecule has 3 rings (SSSR count). The molecule has 1 aromatic rings. The van der Waals surface area contributed by atoms with E-state index >= 15 is 0 Å². The predicted octanol–water partition coefficient (Wildman–Crippen LogP) is 1.05. The van der Waals surface area contributed by atoms with Gasteiger partial charge in [0.1, 0.15) is 0 Å². The molecule has 1 aliphatic heterocycles.